The molecule has 1 saturated carbocycles. The molecule has 1 aliphatic carbocycles. The van der Waals surface area contributed by atoms with E-state index in [-0.39, 0.29) is 5.91 Å². The molecular formula is C13H24N2O2. The molecule has 1 amide bonds. The van der Waals surface area contributed by atoms with E-state index < -0.39 is 5.60 Å². The Kier molecular flexibility index (Phi) is 4.05. The summed E-state index contributed by atoms with van der Waals surface area (Å²) in [7, 11) is 0. The van der Waals surface area contributed by atoms with Crippen molar-refractivity contribution in [2.75, 3.05) is 19.6 Å². The zero-order valence-corrected chi connectivity index (χ0v) is 10.7. The summed E-state index contributed by atoms with van der Waals surface area (Å²) in [6.45, 7) is 4.18. The lowest BCUT2D eigenvalue weighted by Crippen LogP contribution is -2.35. The van der Waals surface area contributed by atoms with E-state index in [4.69, 9.17) is 0 Å². The fourth-order valence-electron chi connectivity index (χ4n) is 2.34. The van der Waals surface area contributed by atoms with Crippen molar-refractivity contribution in [3.05, 3.63) is 0 Å². The van der Waals surface area contributed by atoms with Gasteiger partial charge in [-0.3, -0.25) is 4.79 Å². The molecule has 2 aliphatic rings. The number of nitrogens with one attached hydrogen (secondary N) is 1. The van der Waals surface area contributed by atoms with Crippen LogP contribution in [0.4, 0.5) is 0 Å². The van der Waals surface area contributed by atoms with Crippen LogP contribution in [0.5, 0.6) is 0 Å². The van der Waals surface area contributed by atoms with Gasteiger partial charge in [0.25, 0.3) is 0 Å². The Morgan fingerprint density at radius 1 is 1.41 bits per heavy atom. The standard InChI is InChI=1S/C13H24N2O2/c1-13(17)6-2-9-15(10-7-13)12(16)5-8-14-11-3-4-11/h11,14,17H,2-10H2,1H3. The predicted molar refractivity (Wildman–Crippen MR) is 66.7 cm³/mol. The van der Waals surface area contributed by atoms with Gasteiger partial charge in [0.15, 0.2) is 0 Å². The molecule has 0 aromatic carbocycles. The van der Waals surface area contributed by atoms with E-state index in [2.05, 4.69) is 5.32 Å². The first-order valence-corrected chi connectivity index (χ1v) is 6.80. The van der Waals surface area contributed by atoms with Gasteiger partial charge in [-0.2, -0.15) is 0 Å². The minimum atomic E-state index is -0.582. The van der Waals surface area contributed by atoms with Crippen LogP contribution < -0.4 is 5.32 Å². The first kappa shape index (κ1) is 12.8. The minimum absolute atomic E-state index is 0.232. The first-order chi connectivity index (χ1) is 8.07. The zero-order chi connectivity index (χ0) is 12.3. The molecule has 0 spiro atoms. The Morgan fingerprint density at radius 3 is 2.88 bits per heavy atom. The average Bonchev–Trinajstić information content (AvgIpc) is 3.06. The van der Waals surface area contributed by atoms with Gasteiger partial charge in [-0.1, -0.05) is 0 Å². The number of carbonyl (C=O) groups is 1. The molecule has 17 heavy (non-hydrogen) atoms. The van der Waals surface area contributed by atoms with E-state index in [1.807, 2.05) is 11.8 Å². The van der Waals surface area contributed by atoms with Gasteiger partial charge in [0.05, 0.1) is 5.60 Å². The summed E-state index contributed by atoms with van der Waals surface area (Å²) < 4.78 is 0. The van der Waals surface area contributed by atoms with Crippen molar-refractivity contribution in [3.63, 3.8) is 0 Å². The average molecular weight is 240 g/mol. The highest BCUT2D eigenvalue weighted by molar-refractivity contribution is 5.76. The molecule has 0 aromatic heterocycles. The van der Waals surface area contributed by atoms with Crippen molar-refractivity contribution in [2.45, 2.75) is 57.1 Å². The molecule has 2 N–H and O–H groups in total. The van der Waals surface area contributed by atoms with Crippen LogP contribution in [0.1, 0.15) is 45.4 Å². The highest BCUT2D eigenvalue weighted by Gasteiger charge is 2.27. The highest BCUT2D eigenvalue weighted by atomic mass is 16.3. The Hall–Kier alpha value is -0.610. The summed E-state index contributed by atoms with van der Waals surface area (Å²) in [5.74, 6) is 0.232. The molecule has 1 aliphatic heterocycles. The predicted octanol–water partition coefficient (Wildman–Crippen LogP) is 0.892. The van der Waals surface area contributed by atoms with Gasteiger partial charge in [0.2, 0.25) is 5.91 Å². The van der Waals surface area contributed by atoms with E-state index in [0.29, 0.717) is 25.4 Å². The van der Waals surface area contributed by atoms with Gasteiger partial charge in [0, 0.05) is 32.1 Å². The maximum absolute atomic E-state index is 12.0. The topological polar surface area (TPSA) is 52.6 Å². The molecule has 0 bridgehead atoms. The van der Waals surface area contributed by atoms with Crippen molar-refractivity contribution in [1.29, 1.82) is 0 Å². The van der Waals surface area contributed by atoms with Gasteiger partial charge in [-0.25, -0.2) is 0 Å². The number of carbonyl (C=O) groups excluding carboxylic acids is 1. The lowest BCUT2D eigenvalue weighted by Gasteiger charge is -2.22. The van der Waals surface area contributed by atoms with E-state index in [0.717, 1.165) is 25.9 Å². The molecule has 1 atom stereocenters. The molecule has 4 nitrogen and oxygen atoms in total. The number of hydrogen-bond donors (Lipinski definition) is 2. The Bertz CT molecular complexity index is 275. The SMILES string of the molecule is CC1(O)CCCN(C(=O)CCNC2CC2)CC1. The van der Waals surface area contributed by atoms with Gasteiger partial charge in [-0.05, 0) is 39.0 Å². The van der Waals surface area contributed by atoms with Gasteiger partial charge < -0.3 is 15.3 Å². The Morgan fingerprint density at radius 2 is 2.18 bits per heavy atom. The first-order valence-electron chi connectivity index (χ1n) is 6.80. The Balaban J connectivity index is 1.70. The van der Waals surface area contributed by atoms with Crippen LogP contribution in [-0.4, -0.2) is 47.2 Å². The summed E-state index contributed by atoms with van der Waals surface area (Å²) in [6, 6.07) is 0.674. The lowest BCUT2D eigenvalue weighted by atomic mass is 9.98. The molecule has 4 heteroatoms. The summed E-state index contributed by atoms with van der Waals surface area (Å²) in [5.41, 5.74) is -0.582. The van der Waals surface area contributed by atoms with Crippen molar-refractivity contribution in [2.24, 2.45) is 0 Å². The Labute approximate surface area is 103 Å². The number of amides is 1. The van der Waals surface area contributed by atoms with Gasteiger partial charge in [0.1, 0.15) is 0 Å². The maximum atomic E-state index is 12.0. The molecule has 1 unspecified atom stereocenters. The molecule has 98 valence electrons. The van der Waals surface area contributed by atoms with Gasteiger partial charge >= 0.3 is 0 Å². The number of likely N-dealkylation sites (tertiary alicyclic amines) is 1. The molecular weight excluding hydrogens is 216 g/mol. The normalized spacial score (nSPS) is 30.1. The second-order valence-electron chi connectivity index (χ2n) is 5.71. The summed E-state index contributed by atoms with van der Waals surface area (Å²) in [4.78, 5) is 13.9. The summed E-state index contributed by atoms with van der Waals surface area (Å²) in [6.07, 6.45) is 5.54. The summed E-state index contributed by atoms with van der Waals surface area (Å²) >= 11 is 0. The van der Waals surface area contributed by atoms with E-state index in [1.54, 1.807) is 0 Å². The van der Waals surface area contributed by atoms with Crippen molar-refractivity contribution in [3.8, 4) is 0 Å². The molecule has 1 heterocycles. The smallest absolute Gasteiger partial charge is 0.223 e. The zero-order valence-electron chi connectivity index (χ0n) is 10.7. The van der Waals surface area contributed by atoms with Crippen molar-refractivity contribution in [1.82, 2.24) is 10.2 Å². The second-order valence-corrected chi connectivity index (χ2v) is 5.71. The summed E-state index contributed by atoms with van der Waals surface area (Å²) in [5, 5.41) is 13.3. The van der Waals surface area contributed by atoms with Crippen molar-refractivity contribution < 1.29 is 9.90 Å². The maximum Gasteiger partial charge on any atom is 0.223 e. The second kappa shape index (κ2) is 5.36. The number of rotatable bonds is 4. The minimum Gasteiger partial charge on any atom is -0.390 e. The van der Waals surface area contributed by atoms with Crippen LogP contribution in [0, 0.1) is 0 Å². The fraction of sp³-hybridized carbons (Fsp3) is 0.923. The third-order valence-electron chi connectivity index (χ3n) is 3.77. The molecule has 1 saturated heterocycles. The van der Waals surface area contributed by atoms with Crippen LogP contribution in [0.2, 0.25) is 0 Å². The quantitative estimate of drug-likeness (QED) is 0.767. The molecule has 2 fully saturated rings. The van der Waals surface area contributed by atoms with E-state index in [9.17, 15) is 9.90 Å². The monoisotopic (exact) mass is 240 g/mol. The van der Waals surface area contributed by atoms with Crippen molar-refractivity contribution >= 4 is 5.91 Å². The number of hydrogen-bond acceptors (Lipinski definition) is 3. The van der Waals surface area contributed by atoms with E-state index in [1.165, 1.54) is 12.8 Å². The molecule has 0 aromatic rings. The van der Waals surface area contributed by atoms with Crippen LogP contribution in [0.25, 0.3) is 0 Å². The number of nitrogens with zero attached hydrogens (tertiary/aromatic N) is 1. The largest absolute Gasteiger partial charge is 0.390 e. The highest BCUT2D eigenvalue weighted by Crippen LogP contribution is 2.22. The van der Waals surface area contributed by atoms with Crippen LogP contribution in [0.15, 0.2) is 0 Å². The third kappa shape index (κ3) is 4.28. The van der Waals surface area contributed by atoms with Gasteiger partial charge in [-0.15, -0.1) is 0 Å². The fourth-order valence-corrected chi connectivity index (χ4v) is 2.34. The molecule has 0 radical (unpaired) electrons. The van der Waals surface area contributed by atoms with Crippen LogP contribution in [0.3, 0.4) is 0 Å². The van der Waals surface area contributed by atoms with Crippen LogP contribution >= 0.6 is 0 Å². The third-order valence-corrected chi connectivity index (χ3v) is 3.77. The van der Waals surface area contributed by atoms with E-state index >= 15 is 0 Å². The molecule has 2 rings (SSSR count). The van der Waals surface area contributed by atoms with Crippen LogP contribution in [-0.2, 0) is 4.79 Å². The lowest BCUT2D eigenvalue weighted by molar-refractivity contribution is -0.131. The number of aliphatic hydroxyl groups is 1.